The van der Waals surface area contributed by atoms with E-state index in [9.17, 15) is 22.0 Å². The highest BCUT2D eigenvalue weighted by atomic mass is 32.2. The Morgan fingerprint density at radius 1 is 1.09 bits per heavy atom. The number of hydrogen-bond donors (Lipinski definition) is 1. The van der Waals surface area contributed by atoms with Gasteiger partial charge in [-0.25, -0.2) is 26.9 Å². The Balaban J connectivity index is 1.83. The van der Waals surface area contributed by atoms with E-state index in [-0.39, 0.29) is 17.8 Å². The molecule has 0 saturated carbocycles. The molecule has 0 atom stereocenters. The zero-order valence-corrected chi connectivity index (χ0v) is 18.5. The number of fused-ring (bicyclic) bond motifs is 1. The van der Waals surface area contributed by atoms with Crippen molar-refractivity contribution in [3.8, 4) is 17.0 Å². The first-order chi connectivity index (χ1) is 15.6. The van der Waals surface area contributed by atoms with Crippen molar-refractivity contribution >= 4 is 26.8 Å². The SMILES string of the molecule is COc1ccc2c(c1)cc(-c1cc(F)ccc1F)n2Cc1cccc(C(=O)NS(C)(=O)=O)n1. The second-order valence-corrected chi connectivity index (χ2v) is 9.13. The van der Waals surface area contributed by atoms with Crippen molar-refractivity contribution in [2.45, 2.75) is 6.54 Å². The number of hydrogen-bond acceptors (Lipinski definition) is 5. The summed E-state index contributed by atoms with van der Waals surface area (Å²) in [4.78, 5) is 16.5. The fourth-order valence-corrected chi connectivity index (χ4v) is 3.98. The van der Waals surface area contributed by atoms with Gasteiger partial charge in [0, 0.05) is 16.5 Å². The molecule has 0 saturated heterocycles. The number of rotatable bonds is 6. The molecule has 4 aromatic rings. The molecule has 33 heavy (non-hydrogen) atoms. The van der Waals surface area contributed by atoms with E-state index in [4.69, 9.17) is 4.74 Å². The predicted molar refractivity (Wildman–Crippen MR) is 119 cm³/mol. The number of nitrogens with one attached hydrogen (secondary N) is 1. The van der Waals surface area contributed by atoms with Gasteiger partial charge in [0.1, 0.15) is 23.1 Å². The Bertz CT molecular complexity index is 1480. The minimum atomic E-state index is -3.76. The van der Waals surface area contributed by atoms with Crippen LogP contribution < -0.4 is 9.46 Å². The molecule has 2 heterocycles. The first-order valence-corrected chi connectivity index (χ1v) is 11.6. The lowest BCUT2D eigenvalue weighted by Gasteiger charge is -2.13. The molecule has 1 N–H and O–H groups in total. The van der Waals surface area contributed by atoms with Crippen molar-refractivity contribution in [1.29, 1.82) is 0 Å². The third-order valence-corrected chi connectivity index (χ3v) is 5.51. The number of nitrogens with zero attached hydrogens (tertiary/aromatic N) is 2. The van der Waals surface area contributed by atoms with E-state index in [1.807, 2.05) is 4.72 Å². The van der Waals surface area contributed by atoms with Gasteiger partial charge in [-0.3, -0.25) is 4.79 Å². The standard InChI is InChI=1S/C23H19F2N3O4S/c1-32-17-7-9-21-14(10-17)11-22(18-12-15(24)6-8-19(18)25)28(21)13-16-4-3-5-20(26-16)23(29)27-33(2,30)31/h3-12H,13H2,1-2H3,(H,27,29). The molecule has 0 aliphatic rings. The molecular weight excluding hydrogens is 452 g/mol. The number of pyridine rings is 1. The lowest BCUT2D eigenvalue weighted by atomic mass is 10.1. The number of methoxy groups -OCH3 is 1. The lowest BCUT2D eigenvalue weighted by Crippen LogP contribution is -2.30. The maximum absolute atomic E-state index is 14.6. The lowest BCUT2D eigenvalue weighted by molar-refractivity contribution is 0.0976. The Labute approximate surface area is 188 Å². The Morgan fingerprint density at radius 3 is 2.61 bits per heavy atom. The minimum Gasteiger partial charge on any atom is -0.497 e. The number of aromatic nitrogens is 2. The van der Waals surface area contributed by atoms with Crippen LogP contribution in [0.5, 0.6) is 5.75 Å². The predicted octanol–water partition coefficient (Wildman–Crippen LogP) is 3.73. The van der Waals surface area contributed by atoms with Crippen LogP contribution in [0.1, 0.15) is 16.2 Å². The molecule has 2 aromatic carbocycles. The summed E-state index contributed by atoms with van der Waals surface area (Å²) >= 11 is 0. The number of ether oxygens (including phenoxy) is 1. The van der Waals surface area contributed by atoms with Crippen molar-refractivity contribution < 1.29 is 26.7 Å². The van der Waals surface area contributed by atoms with Crippen LogP contribution in [0.2, 0.25) is 0 Å². The molecule has 1 amide bonds. The number of amides is 1. The third kappa shape index (κ3) is 4.85. The summed E-state index contributed by atoms with van der Waals surface area (Å²) in [5.41, 5.74) is 1.51. The molecule has 0 unspecified atom stereocenters. The van der Waals surface area contributed by atoms with Crippen molar-refractivity contribution in [1.82, 2.24) is 14.3 Å². The zero-order chi connectivity index (χ0) is 23.8. The van der Waals surface area contributed by atoms with Crippen LogP contribution in [0.4, 0.5) is 8.78 Å². The molecule has 4 rings (SSSR count). The fourth-order valence-electron chi connectivity index (χ4n) is 3.54. The zero-order valence-electron chi connectivity index (χ0n) is 17.7. The summed E-state index contributed by atoms with van der Waals surface area (Å²) in [5, 5.41) is 0.735. The molecule has 0 bridgehead atoms. The molecule has 0 fully saturated rings. The van der Waals surface area contributed by atoms with Crippen molar-refractivity contribution in [3.63, 3.8) is 0 Å². The summed E-state index contributed by atoms with van der Waals surface area (Å²) in [5.74, 6) is -1.44. The molecule has 0 aliphatic carbocycles. The van der Waals surface area contributed by atoms with Crippen molar-refractivity contribution in [2.75, 3.05) is 13.4 Å². The van der Waals surface area contributed by atoms with Crippen LogP contribution in [-0.2, 0) is 16.6 Å². The van der Waals surface area contributed by atoms with Crippen LogP contribution in [0.3, 0.4) is 0 Å². The van der Waals surface area contributed by atoms with Crippen molar-refractivity contribution in [2.24, 2.45) is 0 Å². The van der Waals surface area contributed by atoms with E-state index in [0.717, 1.165) is 29.8 Å². The monoisotopic (exact) mass is 471 g/mol. The van der Waals surface area contributed by atoms with E-state index in [1.165, 1.54) is 13.2 Å². The average Bonchev–Trinajstić information content (AvgIpc) is 3.11. The van der Waals surface area contributed by atoms with Crippen LogP contribution in [0, 0.1) is 11.6 Å². The normalized spacial score (nSPS) is 11.5. The van der Waals surface area contributed by atoms with Crippen molar-refractivity contribution in [3.05, 3.63) is 83.7 Å². The van der Waals surface area contributed by atoms with Crippen LogP contribution >= 0.6 is 0 Å². The first kappa shape index (κ1) is 22.4. The van der Waals surface area contributed by atoms with Gasteiger partial charge in [-0.2, -0.15) is 0 Å². The highest BCUT2D eigenvalue weighted by Gasteiger charge is 2.18. The topological polar surface area (TPSA) is 90.3 Å². The summed E-state index contributed by atoms with van der Waals surface area (Å²) < 4.78 is 60.2. The van der Waals surface area contributed by atoms with Gasteiger partial charge < -0.3 is 9.30 Å². The van der Waals surface area contributed by atoms with Gasteiger partial charge in [0.15, 0.2) is 0 Å². The molecule has 7 nitrogen and oxygen atoms in total. The Morgan fingerprint density at radius 2 is 1.88 bits per heavy atom. The van der Waals surface area contributed by atoms with Gasteiger partial charge in [0.2, 0.25) is 10.0 Å². The van der Waals surface area contributed by atoms with Gasteiger partial charge in [-0.15, -0.1) is 0 Å². The first-order valence-electron chi connectivity index (χ1n) is 9.75. The van der Waals surface area contributed by atoms with E-state index in [0.29, 0.717) is 22.7 Å². The number of benzene rings is 2. The maximum Gasteiger partial charge on any atom is 0.283 e. The highest BCUT2D eigenvalue weighted by Crippen LogP contribution is 2.33. The molecule has 2 aromatic heterocycles. The summed E-state index contributed by atoms with van der Waals surface area (Å²) in [6.45, 7) is 0.112. The molecule has 10 heteroatoms. The van der Waals surface area contributed by atoms with E-state index >= 15 is 0 Å². The smallest absolute Gasteiger partial charge is 0.283 e. The molecular formula is C23H19F2N3O4S. The molecule has 0 spiro atoms. The number of carbonyl (C=O) groups excluding carboxylic acids is 1. The number of carbonyl (C=O) groups is 1. The minimum absolute atomic E-state index is 0.0659. The van der Waals surface area contributed by atoms with Crippen LogP contribution in [0.15, 0.2) is 60.7 Å². The van der Waals surface area contributed by atoms with Gasteiger partial charge in [-0.05, 0) is 54.6 Å². The van der Waals surface area contributed by atoms with Gasteiger partial charge in [0.25, 0.3) is 5.91 Å². The van der Waals surface area contributed by atoms with Gasteiger partial charge in [0.05, 0.1) is 31.3 Å². The Hall–Kier alpha value is -3.79. The van der Waals surface area contributed by atoms with E-state index in [1.54, 1.807) is 41.0 Å². The highest BCUT2D eigenvalue weighted by molar-refractivity contribution is 7.89. The average molecular weight is 471 g/mol. The van der Waals surface area contributed by atoms with E-state index < -0.39 is 27.6 Å². The largest absolute Gasteiger partial charge is 0.497 e. The van der Waals surface area contributed by atoms with Gasteiger partial charge >= 0.3 is 0 Å². The maximum atomic E-state index is 14.6. The third-order valence-electron chi connectivity index (χ3n) is 4.95. The molecule has 170 valence electrons. The Kier molecular flexibility index (Phi) is 5.86. The van der Waals surface area contributed by atoms with Crippen LogP contribution in [-0.4, -0.2) is 37.2 Å². The fraction of sp³-hybridized carbons (Fsp3) is 0.130. The van der Waals surface area contributed by atoms with Gasteiger partial charge in [-0.1, -0.05) is 6.07 Å². The van der Waals surface area contributed by atoms with Crippen LogP contribution in [0.25, 0.3) is 22.2 Å². The number of halogens is 2. The second-order valence-electron chi connectivity index (χ2n) is 7.38. The second kappa shape index (κ2) is 8.62. The number of sulfonamides is 1. The molecule has 0 aliphatic heterocycles. The summed E-state index contributed by atoms with van der Waals surface area (Å²) in [7, 11) is -2.23. The molecule has 0 radical (unpaired) electrons. The quantitative estimate of drug-likeness (QED) is 0.463. The van der Waals surface area contributed by atoms with E-state index in [2.05, 4.69) is 4.98 Å². The summed E-state index contributed by atoms with van der Waals surface area (Å²) in [6.07, 6.45) is 0.870. The summed E-state index contributed by atoms with van der Waals surface area (Å²) in [6, 6.07) is 14.8.